The molecular weight excluding hydrogens is 789 g/mol. The fraction of sp³-hybridized carbons (Fsp3) is 0.419. The molecular formula is C43H45F2N11O5. The van der Waals surface area contributed by atoms with Crippen molar-refractivity contribution in [3.63, 3.8) is 0 Å². The van der Waals surface area contributed by atoms with Gasteiger partial charge in [0.05, 0.1) is 40.4 Å². The van der Waals surface area contributed by atoms with Gasteiger partial charge < -0.3 is 20.2 Å². The molecule has 0 spiro atoms. The molecule has 9 rings (SSSR count). The van der Waals surface area contributed by atoms with Gasteiger partial charge in [-0.25, -0.2) is 18.1 Å². The van der Waals surface area contributed by atoms with E-state index in [0.29, 0.717) is 65.8 Å². The lowest BCUT2D eigenvalue weighted by Crippen LogP contribution is -2.59. The maximum absolute atomic E-state index is 15.1. The summed E-state index contributed by atoms with van der Waals surface area (Å²) in [6.45, 7) is 6.64. The van der Waals surface area contributed by atoms with Crippen molar-refractivity contribution in [2.24, 2.45) is 5.92 Å². The standard InChI is InChI=1S/C43H45F2N11O5/c1-43(2,61)32-19-35-26(16-36(32)48-40(58)37-8-7-30-15-25(20-46)21-47-56(30)37)24-55(50-35)29-5-3-28(4-6-29)51-11-13-52(14-12-51)41(59)27-22-53(23-27)31-17-33(44)39(34(45)18-31)54-10-9-38(57)49-42(54)60/h7-8,15-19,21,24,27-29,61H,3-6,9-14,22-23H2,1-2H3,(H,48,58)(H,49,57,60). The second-order valence-electron chi connectivity index (χ2n) is 16.9. The Morgan fingerprint density at radius 2 is 1.66 bits per heavy atom. The van der Waals surface area contributed by atoms with Crippen LogP contribution in [0, 0.1) is 28.9 Å². The number of aliphatic hydroxyl groups is 1. The highest BCUT2D eigenvalue weighted by molar-refractivity contribution is 6.06. The zero-order chi connectivity index (χ0) is 42.7. The third-order valence-electron chi connectivity index (χ3n) is 12.5. The minimum absolute atomic E-state index is 0.0403. The van der Waals surface area contributed by atoms with Crippen LogP contribution in [-0.4, -0.2) is 110 Å². The number of benzene rings is 2. The van der Waals surface area contributed by atoms with Gasteiger partial charge in [0.2, 0.25) is 11.8 Å². The third-order valence-corrected chi connectivity index (χ3v) is 12.5. The number of nitriles is 1. The van der Waals surface area contributed by atoms with Gasteiger partial charge in [-0.2, -0.15) is 15.5 Å². The smallest absolute Gasteiger partial charge is 0.328 e. The number of nitrogens with zero attached hydrogens (tertiary/aromatic N) is 9. The number of rotatable bonds is 8. The van der Waals surface area contributed by atoms with Crippen LogP contribution in [-0.2, 0) is 15.2 Å². The molecule has 4 fully saturated rings. The fourth-order valence-corrected chi connectivity index (χ4v) is 9.18. The van der Waals surface area contributed by atoms with E-state index in [2.05, 4.69) is 26.7 Å². The molecule has 1 saturated carbocycles. The third kappa shape index (κ3) is 7.63. The van der Waals surface area contributed by atoms with E-state index in [-0.39, 0.29) is 36.5 Å². The van der Waals surface area contributed by atoms with Crippen LogP contribution < -0.4 is 20.4 Å². The average molecular weight is 834 g/mol. The molecule has 316 valence electrons. The summed E-state index contributed by atoms with van der Waals surface area (Å²) in [5.41, 5.74) is 1.52. The molecule has 18 heteroatoms. The summed E-state index contributed by atoms with van der Waals surface area (Å²) in [6, 6.07) is 12.8. The Kier molecular flexibility index (Phi) is 10.2. The Hall–Kier alpha value is -6.45. The number of anilines is 3. The van der Waals surface area contributed by atoms with Gasteiger partial charge >= 0.3 is 6.03 Å². The number of carbonyl (C=O) groups is 4. The van der Waals surface area contributed by atoms with Crippen molar-refractivity contribution in [3.05, 3.63) is 83.3 Å². The van der Waals surface area contributed by atoms with Crippen molar-refractivity contribution in [2.45, 2.75) is 63.6 Å². The van der Waals surface area contributed by atoms with E-state index in [1.165, 1.54) is 10.7 Å². The molecule has 0 unspecified atom stereocenters. The number of urea groups is 1. The molecule has 5 amide bonds. The maximum atomic E-state index is 15.1. The number of imide groups is 1. The summed E-state index contributed by atoms with van der Waals surface area (Å²) >= 11 is 0. The summed E-state index contributed by atoms with van der Waals surface area (Å²) in [5, 5.41) is 35.4. The first-order valence-corrected chi connectivity index (χ1v) is 20.6. The first-order chi connectivity index (χ1) is 29.2. The fourth-order valence-electron chi connectivity index (χ4n) is 9.18. The summed E-state index contributed by atoms with van der Waals surface area (Å²) in [4.78, 5) is 57.6. The average Bonchev–Trinajstić information content (AvgIpc) is 3.84. The van der Waals surface area contributed by atoms with Gasteiger partial charge in [-0.3, -0.25) is 34.2 Å². The van der Waals surface area contributed by atoms with Crippen LogP contribution in [0.15, 0.2) is 54.9 Å². The molecule has 61 heavy (non-hydrogen) atoms. The summed E-state index contributed by atoms with van der Waals surface area (Å²) in [7, 11) is 0. The van der Waals surface area contributed by atoms with Crippen LogP contribution in [0.25, 0.3) is 16.4 Å². The molecule has 3 aliphatic heterocycles. The molecule has 3 saturated heterocycles. The minimum atomic E-state index is -1.28. The Bertz CT molecular complexity index is 2600. The van der Waals surface area contributed by atoms with E-state index < -0.39 is 40.8 Å². The van der Waals surface area contributed by atoms with Crippen molar-refractivity contribution in [1.29, 1.82) is 5.26 Å². The van der Waals surface area contributed by atoms with Gasteiger partial charge in [-0.15, -0.1) is 0 Å². The molecule has 0 bridgehead atoms. The highest BCUT2D eigenvalue weighted by Crippen LogP contribution is 2.37. The van der Waals surface area contributed by atoms with Gasteiger partial charge in [0.25, 0.3) is 5.91 Å². The van der Waals surface area contributed by atoms with Gasteiger partial charge in [-0.1, -0.05) is 0 Å². The van der Waals surface area contributed by atoms with Crippen molar-refractivity contribution < 1.29 is 33.1 Å². The normalized spacial score (nSPS) is 20.5. The second-order valence-corrected chi connectivity index (χ2v) is 16.9. The molecule has 1 aliphatic carbocycles. The van der Waals surface area contributed by atoms with Gasteiger partial charge in [-0.05, 0) is 82.0 Å². The lowest BCUT2D eigenvalue weighted by atomic mass is 9.89. The van der Waals surface area contributed by atoms with E-state index in [9.17, 15) is 29.5 Å². The van der Waals surface area contributed by atoms with E-state index >= 15 is 8.78 Å². The first-order valence-electron chi connectivity index (χ1n) is 20.6. The van der Waals surface area contributed by atoms with Crippen LogP contribution in [0.5, 0.6) is 0 Å². The predicted octanol–water partition coefficient (Wildman–Crippen LogP) is 4.52. The highest BCUT2D eigenvalue weighted by atomic mass is 19.1. The quantitative estimate of drug-likeness (QED) is 0.201. The Balaban J connectivity index is 0.778. The number of halogens is 2. The van der Waals surface area contributed by atoms with E-state index in [4.69, 9.17) is 5.10 Å². The van der Waals surface area contributed by atoms with Gasteiger partial charge in [0.1, 0.15) is 17.5 Å². The number of carbonyl (C=O) groups excluding carboxylic acids is 4. The largest absolute Gasteiger partial charge is 0.386 e. The maximum Gasteiger partial charge on any atom is 0.328 e. The van der Waals surface area contributed by atoms with Crippen LogP contribution in [0.4, 0.5) is 30.6 Å². The Morgan fingerprint density at radius 3 is 2.33 bits per heavy atom. The molecule has 5 aromatic rings. The molecule has 3 aromatic heterocycles. The number of hydrogen-bond acceptors (Lipinski definition) is 10. The number of piperazine rings is 1. The zero-order valence-electron chi connectivity index (χ0n) is 33.8. The first kappa shape index (κ1) is 40.0. The van der Waals surface area contributed by atoms with E-state index in [0.717, 1.165) is 61.2 Å². The molecule has 4 aliphatic rings. The minimum Gasteiger partial charge on any atom is -0.386 e. The molecule has 0 atom stereocenters. The van der Waals surface area contributed by atoms with Crippen LogP contribution in [0.3, 0.4) is 0 Å². The second kappa shape index (κ2) is 15.5. The van der Waals surface area contributed by atoms with Crippen molar-refractivity contribution in [2.75, 3.05) is 60.9 Å². The van der Waals surface area contributed by atoms with Gasteiger partial charge in [0.15, 0.2) is 11.6 Å². The predicted molar refractivity (Wildman–Crippen MR) is 220 cm³/mol. The van der Waals surface area contributed by atoms with Crippen molar-refractivity contribution >= 4 is 57.2 Å². The lowest BCUT2D eigenvalue weighted by molar-refractivity contribution is -0.138. The van der Waals surface area contributed by atoms with E-state index in [1.807, 2.05) is 27.9 Å². The Morgan fingerprint density at radius 1 is 0.951 bits per heavy atom. The number of amides is 5. The summed E-state index contributed by atoms with van der Waals surface area (Å²) in [6.07, 6.45) is 7.15. The van der Waals surface area contributed by atoms with Crippen molar-refractivity contribution in [3.8, 4) is 6.07 Å². The van der Waals surface area contributed by atoms with Crippen LogP contribution in [0.1, 0.15) is 73.6 Å². The SMILES string of the molecule is CC(C)(O)c1cc2nn(C3CCC(N4CCN(C(=O)C5CN(c6cc(F)c(N7CCC(=O)NC7=O)c(F)c6)C5)CC4)CC3)cc2cc1NC(=O)c1ccc2cc(C#N)cnn12. The Labute approximate surface area is 349 Å². The number of fused-ring (bicyclic) bond motifs is 2. The molecule has 3 N–H and O–H groups in total. The summed E-state index contributed by atoms with van der Waals surface area (Å²) < 4.78 is 33.6. The number of nitrogens with one attached hydrogen (secondary N) is 2. The lowest BCUT2D eigenvalue weighted by Gasteiger charge is -2.45. The number of aromatic nitrogens is 4. The molecule has 0 radical (unpaired) electrons. The monoisotopic (exact) mass is 833 g/mol. The van der Waals surface area contributed by atoms with Crippen molar-refractivity contribution in [1.82, 2.24) is 34.5 Å². The van der Waals surface area contributed by atoms with Gasteiger partial charge in [0, 0.05) is 86.8 Å². The molecule has 16 nitrogen and oxygen atoms in total. The van der Waals surface area contributed by atoms with E-state index in [1.54, 1.807) is 36.9 Å². The summed E-state index contributed by atoms with van der Waals surface area (Å²) in [5.74, 6) is -2.96. The number of hydrogen-bond donors (Lipinski definition) is 3. The molecule has 6 heterocycles. The van der Waals surface area contributed by atoms with Crippen LogP contribution >= 0.6 is 0 Å². The topological polar surface area (TPSA) is 184 Å². The van der Waals surface area contributed by atoms with Crippen LogP contribution in [0.2, 0.25) is 0 Å². The molecule has 2 aromatic carbocycles. The zero-order valence-corrected chi connectivity index (χ0v) is 33.8. The highest BCUT2D eigenvalue weighted by Gasteiger charge is 2.39.